The molecule has 0 radical (unpaired) electrons. The van der Waals surface area contributed by atoms with Gasteiger partial charge in [0.1, 0.15) is 11.5 Å². The van der Waals surface area contributed by atoms with Crippen LogP contribution in [0.5, 0.6) is 11.5 Å². The maximum absolute atomic E-state index is 12.0. The number of fused-ring (bicyclic) bond motifs is 1. The van der Waals surface area contributed by atoms with E-state index in [-0.39, 0.29) is 6.09 Å². The van der Waals surface area contributed by atoms with Crippen LogP contribution in [-0.4, -0.2) is 33.5 Å². The molecule has 104 valence electrons. The van der Waals surface area contributed by atoms with Crippen LogP contribution in [0.1, 0.15) is 18.9 Å². The van der Waals surface area contributed by atoms with Crippen molar-refractivity contribution in [3.05, 3.63) is 17.7 Å². The summed E-state index contributed by atoms with van der Waals surface area (Å²) in [6.45, 7) is 2.82. The van der Waals surface area contributed by atoms with Gasteiger partial charge >= 0.3 is 6.09 Å². The zero-order valence-electron chi connectivity index (χ0n) is 11.6. The van der Waals surface area contributed by atoms with Crippen molar-refractivity contribution in [3.8, 4) is 11.5 Å². The van der Waals surface area contributed by atoms with Crippen molar-refractivity contribution in [3.63, 3.8) is 0 Å². The molecule has 0 bridgehead atoms. The van der Waals surface area contributed by atoms with E-state index in [2.05, 4.69) is 0 Å². The van der Waals surface area contributed by atoms with E-state index in [9.17, 15) is 4.79 Å². The van der Waals surface area contributed by atoms with Gasteiger partial charge in [0.15, 0.2) is 0 Å². The minimum absolute atomic E-state index is 0.321. The Bertz CT molecular complexity index is 473. The highest BCUT2D eigenvalue weighted by molar-refractivity contribution is 5.90. The number of rotatable bonds is 3. The van der Waals surface area contributed by atoms with Crippen LogP contribution in [-0.2, 0) is 11.2 Å². The van der Waals surface area contributed by atoms with Gasteiger partial charge in [-0.25, -0.2) is 4.79 Å². The second-order valence-corrected chi connectivity index (χ2v) is 4.28. The Labute approximate surface area is 113 Å². The summed E-state index contributed by atoms with van der Waals surface area (Å²) in [5, 5.41) is 0. The highest BCUT2D eigenvalue weighted by Gasteiger charge is 2.26. The molecule has 0 unspecified atom stereocenters. The number of anilines is 1. The number of carbonyl (C=O) groups excluding carboxylic acids is 1. The quantitative estimate of drug-likeness (QED) is 0.843. The van der Waals surface area contributed by atoms with Gasteiger partial charge in [-0.3, -0.25) is 4.90 Å². The summed E-state index contributed by atoms with van der Waals surface area (Å²) in [4.78, 5) is 13.6. The van der Waals surface area contributed by atoms with Gasteiger partial charge in [0.2, 0.25) is 0 Å². The van der Waals surface area contributed by atoms with Crippen molar-refractivity contribution in [1.29, 1.82) is 0 Å². The van der Waals surface area contributed by atoms with E-state index >= 15 is 0 Å². The van der Waals surface area contributed by atoms with E-state index in [0.717, 1.165) is 29.8 Å². The molecule has 0 saturated carbocycles. The first-order valence-electron chi connectivity index (χ1n) is 6.40. The number of benzene rings is 1. The zero-order chi connectivity index (χ0) is 13.8. The summed E-state index contributed by atoms with van der Waals surface area (Å²) in [7, 11) is 3.22. The molecule has 0 saturated heterocycles. The molecule has 1 aliphatic heterocycles. The van der Waals surface area contributed by atoms with Crippen LogP contribution in [0, 0.1) is 0 Å². The first-order chi connectivity index (χ1) is 9.21. The Balaban J connectivity index is 2.44. The lowest BCUT2D eigenvalue weighted by atomic mass is 10.0. The molecule has 2 rings (SSSR count). The van der Waals surface area contributed by atoms with Crippen molar-refractivity contribution in [2.45, 2.75) is 19.8 Å². The molecule has 19 heavy (non-hydrogen) atoms. The molecule has 0 aliphatic carbocycles. The van der Waals surface area contributed by atoms with Crippen LogP contribution in [0.4, 0.5) is 10.5 Å². The van der Waals surface area contributed by atoms with Gasteiger partial charge in [-0.15, -0.1) is 0 Å². The number of hydrogen-bond acceptors (Lipinski definition) is 4. The van der Waals surface area contributed by atoms with Gasteiger partial charge < -0.3 is 14.2 Å². The average molecular weight is 265 g/mol. The van der Waals surface area contributed by atoms with E-state index in [1.807, 2.05) is 12.1 Å². The summed E-state index contributed by atoms with van der Waals surface area (Å²) >= 11 is 0. The molecule has 0 N–H and O–H groups in total. The molecule has 5 heteroatoms. The molecule has 1 amide bonds. The fourth-order valence-corrected chi connectivity index (χ4v) is 2.32. The van der Waals surface area contributed by atoms with Crippen molar-refractivity contribution in [2.75, 3.05) is 32.3 Å². The second-order valence-electron chi connectivity index (χ2n) is 4.28. The van der Waals surface area contributed by atoms with E-state index in [4.69, 9.17) is 14.2 Å². The average Bonchev–Trinajstić information content (AvgIpc) is 2.45. The van der Waals surface area contributed by atoms with Crippen molar-refractivity contribution in [2.24, 2.45) is 0 Å². The lowest BCUT2D eigenvalue weighted by Crippen LogP contribution is -2.36. The molecular weight excluding hydrogens is 246 g/mol. The first kappa shape index (κ1) is 13.5. The van der Waals surface area contributed by atoms with Crippen LogP contribution in [0.25, 0.3) is 0 Å². The molecule has 0 spiro atoms. The van der Waals surface area contributed by atoms with E-state index < -0.39 is 0 Å². The molecule has 0 fully saturated rings. The molecular formula is C14H19NO4. The van der Waals surface area contributed by atoms with E-state index in [1.165, 1.54) is 0 Å². The largest absolute Gasteiger partial charge is 0.497 e. The van der Waals surface area contributed by atoms with Crippen LogP contribution < -0.4 is 14.4 Å². The monoisotopic (exact) mass is 265 g/mol. The van der Waals surface area contributed by atoms with Gasteiger partial charge in [0.25, 0.3) is 0 Å². The highest BCUT2D eigenvalue weighted by Crippen LogP contribution is 2.38. The summed E-state index contributed by atoms with van der Waals surface area (Å²) in [6, 6.07) is 3.70. The molecule has 5 nitrogen and oxygen atoms in total. The molecule has 0 atom stereocenters. The topological polar surface area (TPSA) is 48.0 Å². The Morgan fingerprint density at radius 1 is 1.32 bits per heavy atom. The van der Waals surface area contributed by atoms with Gasteiger partial charge in [-0.05, 0) is 19.8 Å². The Morgan fingerprint density at radius 3 is 2.74 bits per heavy atom. The minimum Gasteiger partial charge on any atom is -0.497 e. The number of carbonyl (C=O) groups is 1. The Hall–Kier alpha value is -1.91. The molecule has 1 aromatic rings. The Kier molecular flexibility index (Phi) is 4.14. The SMILES string of the molecule is CCOC(=O)N1CCCc2c(OC)cc(OC)cc21. The minimum atomic E-state index is -0.321. The fourth-order valence-electron chi connectivity index (χ4n) is 2.32. The number of nitrogens with zero attached hydrogens (tertiary/aromatic N) is 1. The van der Waals surface area contributed by atoms with Crippen molar-refractivity contribution >= 4 is 11.8 Å². The predicted molar refractivity (Wildman–Crippen MR) is 72.2 cm³/mol. The maximum Gasteiger partial charge on any atom is 0.414 e. The summed E-state index contributed by atoms with van der Waals surface area (Å²) in [5.41, 5.74) is 1.85. The van der Waals surface area contributed by atoms with Crippen LogP contribution in [0.15, 0.2) is 12.1 Å². The number of ether oxygens (including phenoxy) is 3. The Morgan fingerprint density at radius 2 is 2.11 bits per heavy atom. The van der Waals surface area contributed by atoms with E-state index in [0.29, 0.717) is 18.9 Å². The number of hydrogen-bond donors (Lipinski definition) is 0. The summed E-state index contributed by atoms with van der Waals surface area (Å²) in [6.07, 6.45) is 1.46. The molecule has 1 heterocycles. The third-order valence-electron chi connectivity index (χ3n) is 3.20. The first-order valence-corrected chi connectivity index (χ1v) is 6.40. The second kappa shape index (κ2) is 5.82. The fraction of sp³-hybridized carbons (Fsp3) is 0.500. The summed E-state index contributed by atoms with van der Waals surface area (Å²) in [5.74, 6) is 1.43. The maximum atomic E-state index is 12.0. The van der Waals surface area contributed by atoms with Gasteiger partial charge in [-0.1, -0.05) is 0 Å². The smallest absolute Gasteiger partial charge is 0.414 e. The van der Waals surface area contributed by atoms with Crippen molar-refractivity contribution in [1.82, 2.24) is 0 Å². The summed E-state index contributed by atoms with van der Waals surface area (Å²) < 4.78 is 15.7. The van der Waals surface area contributed by atoms with Crippen LogP contribution in [0.2, 0.25) is 0 Å². The lowest BCUT2D eigenvalue weighted by molar-refractivity contribution is 0.159. The van der Waals surface area contributed by atoms with Gasteiger partial charge in [0.05, 0.1) is 26.5 Å². The number of amides is 1. The molecule has 1 aliphatic rings. The molecule has 0 aromatic heterocycles. The van der Waals surface area contributed by atoms with Crippen molar-refractivity contribution < 1.29 is 19.0 Å². The van der Waals surface area contributed by atoms with Gasteiger partial charge in [0, 0.05) is 24.2 Å². The lowest BCUT2D eigenvalue weighted by Gasteiger charge is -2.30. The number of methoxy groups -OCH3 is 2. The third kappa shape index (κ3) is 2.59. The predicted octanol–water partition coefficient (Wildman–Crippen LogP) is 2.61. The zero-order valence-corrected chi connectivity index (χ0v) is 11.6. The van der Waals surface area contributed by atoms with E-state index in [1.54, 1.807) is 26.0 Å². The normalized spacial score (nSPS) is 13.7. The van der Waals surface area contributed by atoms with Crippen LogP contribution in [0.3, 0.4) is 0 Å². The van der Waals surface area contributed by atoms with Gasteiger partial charge in [-0.2, -0.15) is 0 Å². The molecule has 1 aromatic carbocycles. The highest BCUT2D eigenvalue weighted by atomic mass is 16.6. The van der Waals surface area contributed by atoms with Crippen LogP contribution >= 0.6 is 0 Å². The standard InChI is InChI=1S/C14H19NO4/c1-4-19-14(16)15-7-5-6-11-12(15)8-10(17-2)9-13(11)18-3/h8-9H,4-7H2,1-3H3. The third-order valence-corrected chi connectivity index (χ3v) is 3.20.